The number of rotatable bonds is 2. The molecule has 1 unspecified atom stereocenters. The van der Waals surface area contributed by atoms with E-state index in [0.29, 0.717) is 5.56 Å². The van der Waals surface area contributed by atoms with E-state index in [9.17, 15) is 5.11 Å². The number of benzene rings is 1. The van der Waals surface area contributed by atoms with Crippen molar-refractivity contribution in [2.75, 3.05) is 5.75 Å². The number of aromatic nitrogens is 2. The molecule has 18 heavy (non-hydrogen) atoms. The summed E-state index contributed by atoms with van der Waals surface area (Å²) in [6.07, 6.45) is 1.72. The molecule has 0 saturated heterocycles. The van der Waals surface area contributed by atoms with Crippen LogP contribution in [0.25, 0.3) is 0 Å². The van der Waals surface area contributed by atoms with Gasteiger partial charge in [0.15, 0.2) is 5.16 Å². The van der Waals surface area contributed by atoms with Crippen LogP contribution in [0, 0.1) is 11.3 Å². The Balaban J connectivity index is 2.00. The van der Waals surface area contributed by atoms with Crippen LogP contribution in [0.5, 0.6) is 0 Å². The largest absolute Gasteiger partial charge is 0.390 e. The van der Waals surface area contributed by atoms with E-state index < -0.39 is 0 Å². The van der Waals surface area contributed by atoms with Crippen LogP contribution in [-0.4, -0.2) is 20.4 Å². The molecule has 0 amide bonds. The molecule has 1 aliphatic heterocycles. The zero-order valence-corrected chi connectivity index (χ0v) is 10.4. The molecule has 0 saturated carbocycles. The minimum absolute atomic E-state index is 0.000336. The quantitative estimate of drug-likeness (QED) is 0.893. The monoisotopic (exact) mass is 257 g/mol. The van der Waals surface area contributed by atoms with Crippen LogP contribution in [0.2, 0.25) is 0 Å². The summed E-state index contributed by atoms with van der Waals surface area (Å²) in [6, 6.07) is 9.91. The lowest BCUT2D eigenvalue weighted by molar-refractivity contribution is 0.268. The molecule has 2 aromatic rings. The molecule has 1 aliphatic rings. The highest BCUT2D eigenvalue weighted by molar-refractivity contribution is 7.99. The lowest BCUT2D eigenvalue weighted by Gasteiger charge is -2.15. The summed E-state index contributed by atoms with van der Waals surface area (Å²) in [5.41, 5.74) is 2.65. The number of aliphatic hydroxyl groups is 1. The van der Waals surface area contributed by atoms with Gasteiger partial charge in [-0.1, -0.05) is 23.9 Å². The molecule has 4 nitrogen and oxygen atoms in total. The maximum atomic E-state index is 9.32. The van der Waals surface area contributed by atoms with E-state index in [1.54, 1.807) is 18.0 Å². The number of hydrogen-bond donors (Lipinski definition) is 1. The van der Waals surface area contributed by atoms with Gasteiger partial charge in [0, 0.05) is 5.75 Å². The predicted octanol–water partition coefficient (Wildman–Crippen LogP) is 1.94. The van der Waals surface area contributed by atoms with Crippen molar-refractivity contribution in [2.24, 2.45) is 0 Å². The number of nitriles is 1. The third-order valence-corrected chi connectivity index (χ3v) is 4.15. The van der Waals surface area contributed by atoms with Crippen molar-refractivity contribution >= 4 is 11.8 Å². The summed E-state index contributed by atoms with van der Waals surface area (Å²) in [4.78, 5) is 4.29. The Kier molecular flexibility index (Phi) is 2.82. The Morgan fingerprint density at radius 1 is 1.44 bits per heavy atom. The van der Waals surface area contributed by atoms with E-state index in [1.165, 1.54) is 0 Å². The average Bonchev–Trinajstić information content (AvgIpc) is 3.00. The minimum atomic E-state index is 0.000336. The topological polar surface area (TPSA) is 61.8 Å². The third kappa shape index (κ3) is 1.70. The van der Waals surface area contributed by atoms with Gasteiger partial charge in [0.1, 0.15) is 0 Å². The number of fused-ring (bicyclic) bond motifs is 1. The summed E-state index contributed by atoms with van der Waals surface area (Å²) < 4.78 is 2.08. The Bertz CT molecular complexity index is 612. The normalized spacial score (nSPS) is 17.4. The van der Waals surface area contributed by atoms with Gasteiger partial charge in [-0.15, -0.1) is 0 Å². The van der Waals surface area contributed by atoms with Crippen molar-refractivity contribution in [2.45, 2.75) is 17.8 Å². The molecule has 0 spiro atoms. The van der Waals surface area contributed by atoms with Crippen molar-refractivity contribution in [3.05, 3.63) is 47.3 Å². The molecule has 2 heterocycles. The number of aliphatic hydroxyl groups excluding tert-OH is 1. The van der Waals surface area contributed by atoms with Gasteiger partial charge >= 0.3 is 0 Å². The van der Waals surface area contributed by atoms with Crippen LogP contribution >= 0.6 is 11.8 Å². The summed E-state index contributed by atoms with van der Waals surface area (Å²) in [7, 11) is 0. The van der Waals surface area contributed by atoms with Gasteiger partial charge in [-0.2, -0.15) is 5.26 Å². The molecule has 0 aliphatic carbocycles. The molecule has 0 fully saturated rings. The summed E-state index contributed by atoms with van der Waals surface area (Å²) in [6.45, 7) is 0.000336. The van der Waals surface area contributed by atoms with Crippen molar-refractivity contribution in [1.82, 2.24) is 9.55 Å². The SMILES string of the molecule is N#Cc1ccc(C2CSc3ncc(CO)n32)cc1. The van der Waals surface area contributed by atoms with Gasteiger partial charge in [-0.05, 0) is 17.7 Å². The smallest absolute Gasteiger partial charge is 0.168 e. The maximum Gasteiger partial charge on any atom is 0.168 e. The molecular weight excluding hydrogens is 246 g/mol. The molecule has 1 N–H and O–H groups in total. The Labute approximate surface area is 109 Å². The number of imidazole rings is 1. The Morgan fingerprint density at radius 3 is 2.89 bits per heavy atom. The first-order chi connectivity index (χ1) is 8.83. The second-order valence-electron chi connectivity index (χ2n) is 4.12. The lowest BCUT2D eigenvalue weighted by atomic mass is 10.1. The highest BCUT2D eigenvalue weighted by Gasteiger charge is 2.27. The number of nitrogens with zero attached hydrogens (tertiary/aromatic N) is 3. The molecule has 5 heteroatoms. The highest BCUT2D eigenvalue weighted by atomic mass is 32.2. The van der Waals surface area contributed by atoms with Crippen molar-refractivity contribution in [1.29, 1.82) is 5.26 Å². The molecule has 0 bridgehead atoms. The summed E-state index contributed by atoms with van der Waals surface area (Å²) in [5, 5.41) is 19.1. The zero-order chi connectivity index (χ0) is 12.5. The fourth-order valence-electron chi connectivity index (χ4n) is 2.19. The molecular formula is C13H11N3OS. The van der Waals surface area contributed by atoms with Gasteiger partial charge in [-0.25, -0.2) is 4.98 Å². The van der Waals surface area contributed by atoms with Gasteiger partial charge in [0.2, 0.25) is 0 Å². The van der Waals surface area contributed by atoms with Crippen LogP contribution in [0.3, 0.4) is 0 Å². The molecule has 90 valence electrons. The first-order valence-electron chi connectivity index (χ1n) is 5.63. The van der Waals surface area contributed by atoms with Gasteiger partial charge < -0.3 is 9.67 Å². The van der Waals surface area contributed by atoms with E-state index in [4.69, 9.17) is 5.26 Å². The van der Waals surface area contributed by atoms with E-state index in [0.717, 1.165) is 22.2 Å². The van der Waals surface area contributed by atoms with E-state index in [2.05, 4.69) is 15.6 Å². The maximum absolute atomic E-state index is 9.32. The second-order valence-corrected chi connectivity index (χ2v) is 5.11. The second kappa shape index (κ2) is 4.48. The van der Waals surface area contributed by atoms with Crippen LogP contribution in [0.15, 0.2) is 35.6 Å². The van der Waals surface area contributed by atoms with E-state index in [1.807, 2.05) is 24.3 Å². The Morgan fingerprint density at radius 2 is 2.22 bits per heavy atom. The van der Waals surface area contributed by atoms with Gasteiger partial charge in [0.25, 0.3) is 0 Å². The van der Waals surface area contributed by atoms with Crippen molar-refractivity contribution in [3.63, 3.8) is 0 Å². The first kappa shape index (κ1) is 11.3. The number of hydrogen-bond acceptors (Lipinski definition) is 4. The average molecular weight is 257 g/mol. The molecule has 1 aromatic carbocycles. The lowest BCUT2D eigenvalue weighted by Crippen LogP contribution is -2.11. The molecule has 1 aromatic heterocycles. The Hall–Kier alpha value is -1.77. The summed E-state index contributed by atoms with van der Waals surface area (Å²) >= 11 is 1.69. The standard InChI is InChI=1S/C13H11N3OS/c14-5-9-1-3-10(4-2-9)12-8-18-13-15-6-11(7-17)16(12)13/h1-4,6,12,17H,7-8H2. The van der Waals surface area contributed by atoms with E-state index >= 15 is 0 Å². The van der Waals surface area contributed by atoms with Gasteiger partial charge in [-0.3, -0.25) is 0 Å². The van der Waals surface area contributed by atoms with Crippen LogP contribution in [-0.2, 0) is 6.61 Å². The van der Waals surface area contributed by atoms with Crippen LogP contribution in [0.1, 0.15) is 22.9 Å². The number of thioether (sulfide) groups is 1. The van der Waals surface area contributed by atoms with Crippen molar-refractivity contribution < 1.29 is 5.11 Å². The highest BCUT2D eigenvalue weighted by Crippen LogP contribution is 2.37. The summed E-state index contributed by atoms with van der Waals surface area (Å²) in [5.74, 6) is 0.919. The zero-order valence-electron chi connectivity index (χ0n) is 9.58. The predicted molar refractivity (Wildman–Crippen MR) is 68.2 cm³/mol. The minimum Gasteiger partial charge on any atom is -0.390 e. The fraction of sp³-hybridized carbons (Fsp3) is 0.231. The van der Waals surface area contributed by atoms with E-state index in [-0.39, 0.29) is 12.6 Å². The molecule has 3 rings (SSSR count). The van der Waals surface area contributed by atoms with Crippen LogP contribution < -0.4 is 0 Å². The molecule has 1 atom stereocenters. The third-order valence-electron chi connectivity index (χ3n) is 3.11. The fourth-order valence-corrected chi connectivity index (χ4v) is 3.35. The molecule has 0 radical (unpaired) electrons. The van der Waals surface area contributed by atoms with Crippen molar-refractivity contribution in [3.8, 4) is 6.07 Å². The van der Waals surface area contributed by atoms with Gasteiger partial charge in [0.05, 0.1) is 36.2 Å². The van der Waals surface area contributed by atoms with Crippen LogP contribution in [0.4, 0.5) is 0 Å². The first-order valence-corrected chi connectivity index (χ1v) is 6.62.